The van der Waals surface area contributed by atoms with E-state index in [1.807, 2.05) is 18.5 Å². The molecule has 2 heterocycles. The van der Waals surface area contributed by atoms with Crippen molar-refractivity contribution in [1.29, 1.82) is 0 Å². The van der Waals surface area contributed by atoms with Crippen LogP contribution in [0.2, 0.25) is 0 Å². The molecule has 5 aliphatic rings. The molecule has 53 heavy (non-hydrogen) atoms. The molecule has 4 N–H and O–H groups in total. The number of aliphatic carboxylic acids is 1. The van der Waals surface area contributed by atoms with Crippen molar-refractivity contribution >= 4 is 11.9 Å². The minimum absolute atomic E-state index is 0.0545. The predicted octanol–water partition coefficient (Wildman–Crippen LogP) is 7.69. The van der Waals surface area contributed by atoms with Crippen molar-refractivity contribution in [2.75, 3.05) is 19.8 Å². The lowest BCUT2D eigenvalue weighted by atomic mass is 9.34. The van der Waals surface area contributed by atoms with E-state index in [1.165, 1.54) is 11.9 Å². The number of hydrogen-bond donors (Lipinski definition) is 3. The fraction of sp³-hybridized carbons (Fsp3) is 0.860. The van der Waals surface area contributed by atoms with Gasteiger partial charge in [-0.1, -0.05) is 80.9 Å². The van der Waals surface area contributed by atoms with Crippen molar-refractivity contribution in [3.63, 3.8) is 0 Å². The zero-order valence-corrected chi connectivity index (χ0v) is 35.1. The highest BCUT2D eigenvalue weighted by Gasteiger charge is 2.73. The Bertz CT molecular complexity index is 1610. The molecule has 10 heteroatoms. The van der Waals surface area contributed by atoms with Crippen LogP contribution in [-0.2, 0) is 14.3 Å². The van der Waals surface area contributed by atoms with Gasteiger partial charge in [0.15, 0.2) is 0 Å². The molecule has 1 aromatic heterocycles. The predicted molar refractivity (Wildman–Crippen MR) is 207 cm³/mol. The monoisotopic (exact) mass is 738 g/mol. The molecule has 0 aromatic carbocycles. The number of allylic oxidation sites excluding steroid dienone is 1. The first-order valence-corrected chi connectivity index (χ1v) is 20.5. The summed E-state index contributed by atoms with van der Waals surface area (Å²) >= 11 is 0. The SMILES string of the molecule is CC(C)NC(=O)c1ncnn1[C@@H]1C[C@]2(C)COC[C@@]3(C4=CC[C@@]5(C)[C@H](C(=O)O)[C@@](C)([C@H](C)C(C)C)CC[C@]5(C)[C@H]4CC[C@H]23)[C@H]1OC[C@](C)(N)C(C)(C)C. The second-order valence-corrected chi connectivity index (χ2v) is 21.2. The average molecular weight is 738 g/mol. The van der Waals surface area contributed by atoms with Crippen LogP contribution in [0.3, 0.4) is 0 Å². The molecule has 4 fully saturated rings. The zero-order chi connectivity index (χ0) is 39.3. The molecular formula is C43H71N5O5. The molecule has 1 amide bonds. The van der Waals surface area contributed by atoms with Crippen molar-refractivity contribution in [2.45, 2.75) is 152 Å². The van der Waals surface area contributed by atoms with Crippen molar-refractivity contribution in [3.8, 4) is 0 Å². The highest BCUT2D eigenvalue weighted by molar-refractivity contribution is 5.90. The molecule has 6 rings (SSSR count). The van der Waals surface area contributed by atoms with E-state index in [4.69, 9.17) is 20.3 Å². The minimum Gasteiger partial charge on any atom is -0.481 e. The van der Waals surface area contributed by atoms with Gasteiger partial charge in [0.05, 0.1) is 37.9 Å². The zero-order valence-electron chi connectivity index (χ0n) is 35.1. The third kappa shape index (κ3) is 5.88. The summed E-state index contributed by atoms with van der Waals surface area (Å²) in [7, 11) is 0. The van der Waals surface area contributed by atoms with Gasteiger partial charge in [0.25, 0.3) is 5.91 Å². The highest BCUT2D eigenvalue weighted by atomic mass is 16.5. The molecule has 298 valence electrons. The van der Waals surface area contributed by atoms with Gasteiger partial charge in [-0.05, 0) is 110 Å². The Morgan fingerprint density at radius 2 is 1.74 bits per heavy atom. The second-order valence-electron chi connectivity index (χ2n) is 21.2. The Kier molecular flexibility index (Phi) is 10.0. The van der Waals surface area contributed by atoms with Crippen LogP contribution in [0, 0.1) is 62.1 Å². The normalized spacial score (nSPS) is 41.4. The molecule has 0 spiro atoms. The number of hydrogen-bond acceptors (Lipinski definition) is 7. The number of carbonyl (C=O) groups is 2. The number of rotatable bonds is 9. The molecule has 0 radical (unpaired) electrons. The minimum atomic E-state index is -0.660. The summed E-state index contributed by atoms with van der Waals surface area (Å²) in [6, 6.07) is -0.346. The quantitative estimate of drug-likeness (QED) is 0.219. The number of nitrogens with zero attached hydrogens (tertiary/aromatic N) is 3. The van der Waals surface area contributed by atoms with Gasteiger partial charge in [-0.25, -0.2) is 9.67 Å². The van der Waals surface area contributed by atoms with E-state index < -0.39 is 34.4 Å². The number of nitrogens with one attached hydrogen (secondary N) is 1. The van der Waals surface area contributed by atoms with Crippen LogP contribution in [0.25, 0.3) is 0 Å². The van der Waals surface area contributed by atoms with E-state index in [9.17, 15) is 14.7 Å². The first kappa shape index (κ1) is 40.4. The van der Waals surface area contributed by atoms with Gasteiger partial charge in [-0.15, -0.1) is 0 Å². The second kappa shape index (κ2) is 13.1. The van der Waals surface area contributed by atoms with Crippen molar-refractivity contribution in [2.24, 2.45) is 67.8 Å². The van der Waals surface area contributed by atoms with E-state index in [1.54, 1.807) is 0 Å². The molecule has 2 bridgehead atoms. The summed E-state index contributed by atoms with van der Waals surface area (Å²) < 4.78 is 15.9. The van der Waals surface area contributed by atoms with Gasteiger partial charge >= 0.3 is 5.97 Å². The summed E-state index contributed by atoms with van der Waals surface area (Å²) in [5, 5.41) is 19.0. The first-order chi connectivity index (χ1) is 24.4. The highest BCUT2D eigenvalue weighted by Crippen LogP contribution is 2.75. The lowest BCUT2D eigenvalue weighted by molar-refractivity contribution is -0.255. The topological polar surface area (TPSA) is 142 Å². The Balaban J connectivity index is 1.54. The van der Waals surface area contributed by atoms with Gasteiger partial charge in [0.2, 0.25) is 5.82 Å². The van der Waals surface area contributed by atoms with Crippen LogP contribution in [0.15, 0.2) is 18.0 Å². The maximum absolute atomic E-state index is 13.7. The van der Waals surface area contributed by atoms with Crippen LogP contribution in [0.4, 0.5) is 0 Å². The molecule has 3 saturated carbocycles. The average Bonchev–Trinajstić information content (AvgIpc) is 3.53. The standard InChI is InChI=1S/C43H71N5O5/c1-25(2)27(5)39(10)18-19-40(11)28-14-15-31-38(9)20-30(48-34(45-24-46-48)35(49)47-26(3)4)33(53-22-42(13,44)37(6,7)8)43(31,23-52-21-38)29(28)16-17-41(40,12)32(39)36(50)51/h16,24-28,30-33H,14-15,17-23,44H2,1-13H3,(H,47,49)(H,50,51)/t27-,28+,30-,31-,32-,33+,38-,39-,40-,41+,42+,43+/m1/s1. The number of aromatic nitrogens is 3. The van der Waals surface area contributed by atoms with Gasteiger partial charge in [0, 0.05) is 17.0 Å². The fourth-order valence-corrected chi connectivity index (χ4v) is 12.6. The van der Waals surface area contributed by atoms with Gasteiger partial charge in [-0.3, -0.25) is 9.59 Å². The number of carboxylic acids is 1. The third-order valence-electron chi connectivity index (χ3n) is 16.8. The fourth-order valence-electron chi connectivity index (χ4n) is 12.6. The first-order valence-electron chi connectivity index (χ1n) is 20.5. The lowest BCUT2D eigenvalue weighted by Gasteiger charge is -2.71. The van der Waals surface area contributed by atoms with E-state index in [-0.39, 0.29) is 57.4 Å². The van der Waals surface area contributed by atoms with Gasteiger partial charge < -0.3 is 25.6 Å². The van der Waals surface area contributed by atoms with E-state index in [0.29, 0.717) is 38.0 Å². The molecular weight excluding hydrogens is 667 g/mol. The van der Waals surface area contributed by atoms with Crippen LogP contribution in [0.1, 0.15) is 145 Å². The number of carbonyl (C=O) groups excluding carboxylic acids is 1. The maximum atomic E-state index is 13.7. The Morgan fingerprint density at radius 1 is 1.06 bits per heavy atom. The molecule has 0 unspecified atom stereocenters. The van der Waals surface area contributed by atoms with E-state index in [0.717, 1.165) is 32.1 Å². The van der Waals surface area contributed by atoms with Crippen molar-refractivity contribution < 1.29 is 24.2 Å². The van der Waals surface area contributed by atoms with Crippen LogP contribution in [0.5, 0.6) is 0 Å². The Labute approximate surface area is 319 Å². The lowest BCUT2D eigenvalue weighted by Crippen LogP contribution is -2.70. The number of nitrogens with two attached hydrogens (primary N) is 1. The molecule has 1 aromatic rings. The van der Waals surface area contributed by atoms with Crippen LogP contribution < -0.4 is 11.1 Å². The maximum Gasteiger partial charge on any atom is 0.307 e. The number of ether oxygens (including phenoxy) is 2. The number of carboxylic acid groups (broad SMARTS) is 1. The van der Waals surface area contributed by atoms with Gasteiger partial charge in [0.1, 0.15) is 6.33 Å². The molecule has 12 atom stereocenters. The summed E-state index contributed by atoms with van der Waals surface area (Å²) in [6.45, 7) is 30.0. The summed E-state index contributed by atoms with van der Waals surface area (Å²) in [5.41, 5.74) is 5.86. The van der Waals surface area contributed by atoms with Crippen molar-refractivity contribution in [1.82, 2.24) is 20.1 Å². The summed E-state index contributed by atoms with van der Waals surface area (Å²) in [4.78, 5) is 31.8. The summed E-state index contributed by atoms with van der Waals surface area (Å²) in [6.07, 6.45) is 8.85. The smallest absolute Gasteiger partial charge is 0.307 e. The van der Waals surface area contributed by atoms with Crippen LogP contribution in [-0.4, -0.2) is 69.3 Å². The number of amides is 1. The Hall–Kier alpha value is -2.30. The largest absolute Gasteiger partial charge is 0.481 e. The van der Waals surface area contributed by atoms with Crippen molar-refractivity contribution in [3.05, 3.63) is 23.8 Å². The molecule has 1 aliphatic heterocycles. The van der Waals surface area contributed by atoms with E-state index >= 15 is 0 Å². The van der Waals surface area contributed by atoms with Gasteiger partial charge in [-0.2, -0.15) is 5.10 Å². The molecule has 1 saturated heterocycles. The van der Waals surface area contributed by atoms with Crippen LogP contribution >= 0.6 is 0 Å². The third-order valence-corrected chi connectivity index (χ3v) is 16.8. The molecule has 4 aliphatic carbocycles. The molecule has 10 nitrogen and oxygen atoms in total. The number of fused-ring (bicyclic) bond motifs is 3. The Morgan fingerprint density at radius 3 is 2.34 bits per heavy atom. The summed E-state index contributed by atoms with van der Waals surface area (Å²) in [5.74, 6) is 0.0168. The van der Waals surface area contributed by atoms with E-state index in [2.05, 4.69) is 92.5 Å².